The minimum atomic E-state index is -0.747. The average molecular weight is 198 g/mol. The standard InChI is InChI=1S/C10H14O2S/c1-6(2)9-5-13-7(3)8(9)4-10(11)12/h5-6H,4H2,1-3H3,(H,11,12). The van der Waals surface area contributed by atoms with Crippen molar-refractivity contribution in [1.82, 2.24) is 0 Å². The molecule has 3 heteroatoms. The molecule has 2 nitrogen and oxygen atoms in total. The van der Waals surface area contributed by atoms with Crippen LogP contribution in [0.25, 0.3) is 0 Å². The Morgan fingerprint density at radius 3 is 2.69 bits per heavy atom. The van der Waals surface area contributed by atoms with E-state index in [2.05, 4.69) is 19.2 Å². The number of hydrogen-bond donors (Lipinski definition) is 1. The van der Waals surface area contributed by atoms with Gasteiger partial charge in [-0.05, 0) is 29.3 Å². The molecule has 0 saturated heterocycles. The topological polar surface area (TPSA) is 37.3 Å². The molecular weight excluding hydrogens is 184 g/mol. The average Bonchev–Trinajstić information content (AvgIpc) is 2.32. The molecule has 0 atom stereocenters. The van der Waals surface area contributed by atoms with Crippen LogP contribution in [-0.4, -0.2) is 11.1 Å². The van der Waals surface area contributed by atoms with E-state index in [9.17, 15) is 4.79 Å². The van der Waals surface area contributed by atoms with E-state index in [4.69, 9.17) is 5.11 Å². The smallest absolute Gasteiger partial charge is 0.307 e. The Kier molecular flexibility index (Phi) is 3.09. The molecule has 1 rings (SSSR count). The molecule has 1 aromatic rings. The molecule has 0 fully saturated rings. The summed E-state index contributed by atoms with van der Waals surface area (Å²) >= 11 is 1.64. The number of carbonyl (C=O) groups is 1. The molecule has 0 aliphatic heterocycles. The van der Waals surface area contributed by atoms with Gasteiger partial charge < -0.3 is 5.11 Å². The Morgan fingerprint density at radius 1 is 1.62 bits per heavy atom. The SMILES string of the molecule is Cc1scc(C(C)C)c1CC(=O)O. The Bertz CT molecular complexity index is 313. The van der Waals surface area contributed by atoms with Gasteiger partial charge in [-0.1, -0.05) is 13.8 Å². The second-order valence-electron chi connectivity index (χ2n) is 3.45. The minimum Gasteiger partial charge on any atom is -0.481 e. The first-order valence-corrected chi connectivity index (χ1v) is 5.19. The largest absolute Gasteiger partial charge is 0.481 e. The Labute approximate surface area is 82.2 Å². The van der Waals surface area contributed by atoms with Gasteiger partial charge in [-0.2, -0.15) is 0 Å². The van der Waals surface area contributed by atoms with Gasteiger partial charge in [0.1, 0.15) is 0 Å². The van der Waals surface area contributed by atoms with Gasteiger partial charge in [0.15, 0.2) is 0 Å². The van der Waals surface area contributed by atoms with Crippen LogP contribution in [0, 0.1) is 6.92 Å². The van der Waals surface area contributed by atoms with Crippen LogP contribution in [0.5, 0.6) is 0 Å². The minimum absolute atomic E-state index is 0.156. The summed E-state index contributed by atoms with van der Waals surface area (Å²) in [5.41, 5.74) is 2.19. The lowest BCUT2D eigenvalue weighted by Crippen LogP contribution is -2.03. The second-order valence-corrected chi connectivity index (χ2v) is 4.53. The molecular formula is C10H14O2S. The molecule has 0 spiro atoms. The van der Waals surface area contributed by atoms with Crippen molar-refractivity contribution < 1.29 is 9.90 Å². The molecule has 1 aromatic heterocycles. The molecule has 13 heavy (non-hydrogen) atoms. The van der Waals surface area contributed by atoms with Crippen LogP contribution in [-0.2, 0) is 11.2 Å². The maximum Gasteiger partial charge on any atom is 0.307 e. The molecule has 0 saturated carbocycles. The zero-order valence-electron chi connectivity index (χ0n) is 8.13. The van der Waals surface area contributed by atoms with Crippen molar-refractivity contribution in [2.24, 2.45) is 0 Å². The van der Waals surface area contributed by atoms with Gasteiger partial charge in [0.05, 0.1) is 6.42 Å². The van der Waals surface area contributed by atoms with Crippen LogP contribution in [0.15, 0.2) is 5.38 Å². The third-order valence-corrected chi connectivity index (χ3v) is 3.06. The Morgan fingerprint density at radius 2 is 2.23 bits per heavy atom. The lowest BCUT2D eigenvalue weighted by atomic mass is 9.99. The highest BCUT2D eigenvalue weighted by Crippen LogP contribution is 2.28. The highest BCUT2D eigenvalue weighted by molar-refractivity contribution is 7.10. The molecule has 0 unspecified atom stereocenters. The number of carboxylic acid groups (broad SMARTS) is 1. The first kappa shape index (κ1) is 10.3. The summed E-state index contributed by atoms with van der Waals surface area (Å²) in [5, 5.41) is 10.8. The number of carboxylic acids is 1. The van der Waals surface area contributed by atoms with Crippen molar-refractivity contribution in [2.45, 2.75) is 33.1 Å². The lowest BCUT2D eigenvalue weighted by molar-refractivity contribution is -0.136. The lowest BCUT2D eigenvalue weighted by Gasteiger charge is -2.05. The zero-order valence-corrected chi connectivity index (χ0v) is 8.94. The van der Waals surface area contributed by atoms with Crippen molar-refractivity contribution in [2.75, 3.05) is 0 Å². The van der Waals surface area contributed by atoms with Gasteiger partial charge in [-0.25, -0.2) is 0 Å². The summed E-state index contributed by atoms with van der Waals surface area (Å²) in [6.45, 7) is 6.16. The van der Waals surface area contributed by atoms with Gasteiger partial charge in [0.25, 0.3) is 0 Å². The number of hydrogen-bond acceptors (Lipinski definition) is 2. The zero-order chi connectivity index (χ0) is 10.0. The van der Waals surface area contributed by atoms with Gasteiger partial charge in [-0.15, -0.1) is 11.3 Å². The molecule has 72 valence electrons. The van der Waals surface area contributed by atoms with E-state index < -0.39 is 5.97 Å². The fourth-order valence-corrected chi connectivity index (χ4v) is 2.41. The summed E-state index contributed by atoms with van der Waals surface area (Å²) in [4.78, 5) is 11.7. The van der Waals surface area contributed by atoms with Crippen LogP contribution in [0.4, 0.5) is 0 Å². The Hall–Kier alpha value is -0.830. The Balaban J connectivity index is 3.01. The molecule has 0 amide bonds. The van der Waals surface area contributed by atoms with Crippen LogP contribution in [0.1, 0.15) is 35.8 Å². The van der Waals surface area contributed by atoms with E-state index in [1.807, 2.05) is 6.92 Å². The monoisotopic (exact) mass is 198 g/mol. The van der Waals surface area contributed by atoms with E-state index in [1.54, 1.807) is 11.3 Å². The molecule has 0 bridgehead atoms. The van der Waals surface area contributed by atoms with Gasteiger partial charge in [-0.3, -0.25) is 4.79 Å². The third kappa shape index (κ3) is 2.31. The second kappa shape index (κ2) is 3.92. The van der Waals surface area contributed by atoms with E-state index in [-0.39, 0.29) is 6.42 Å². The molecule has 0 aliphatic rings. The normalized spacial score (nSPS) is 10.8. The van der Waals surface area contributed by atoms with Crippen molar-refractivity contribution in [1.29, 1.82) is 0 Å². The summed E-state index contributed by atoms with van der Waals surface area (Å²) in [7, 11) is 0. The molecule has 0 aromatic carbocycles. The van der Waals surface area contributed by atoms with Crippen LogP contribution >= 0.6 is 11.3 Å². The van der Waals surface area contributed by atoms with Gasteiger partial charge >= 0.3 is 5.97 Å². The van der Waals surface area contributed by atoms with Crippen molar-refractivity contribution in [3.05, 3.63) is 21.4 Å². The van der Waals surface area contributed by atoms with Crippen LogP contribution < -0.4 is 0 Å². The van der Waals surface area contributed by atoms with Gasteiger partial charge in [0, 0.05) is 4.88 Å². The maximum atomic E-state index is 10.6. The molecule has 0 aliphatic carbocycles. The molecule has 1 heterocycles. The summed E-state index contributed by atoms with van der Waals surface area (Å²) in [6.07, 6.45) is 0.156. The quantitative estimate of drug-likeness (QED) is 0.810. The van der Waals surface area contributed by atoms with Crippen molar-refractivity contribution in [3.63, 3.8) is 0 Å². The maximum absolute atomic E-state index is 10.6. The predicted octanol–water partition coefficient (Wildman–Crippen LogP) is 2.81. The molecule has 0 radical (unpaired) electrons. The van der Waals surface area contributed by atoms with Crippen molar-refractivity contribution in [3.8, 4) is 0 Å². The fraction of sp³-hybridized carbons (Fsp3) is 0.500. The highest BCUT2D eigenvalue weighted by Gasteiger charge is 2.13. The highest BCUT2D eigenvalue weighted by atomic mass is 32.1. The van der Waals surface area contributed by atoms with Crippen molar-refractivity contribution >= 4 is 17.3 Å². The summed E-state index contributed by atoms with van der Waals surface area (Å²) < 4.78 is 0. The first-order chi connectivity index (χ1) is 6.02. The number of aliphatic carboxylic acids is 1. The van der Waals surface area contributed by atoms with E-state index in [1.165, 1.54) is 5.56 Å². The number of aryl methyl sites for hydroxylation is 1. The van der Waals surface area contributed by atoms with E-state index in [0.717, 1.165) is 10.4 Å². The fourth-order valence-electron chi connectivity index (χ4n) is 1.36. The van der Waals surface area contributed by atoms with Crippen LogP contribution in [0.3, 0.4) is 0 Å². The number of rotatable bonds is 3. The number of thiophene rings is 1. The first-order valence-electron chi connectivity index (χ1n) is 4.31. The third-order valence-electron chi connectivity index (χ3n) is 2.09. The molecule has 1 N–H and O–H groups in total. The van der Waals surface area contributed by atoms with Crippen LogP contribution in [0.2, 0.25) is 0 Å². The van der Waals surface area contributed by atoms with E-state index in [0.29, 0.717) is 5.92 Å². The van der Waals surface area contributed by atoms with Gasteiger partial charge in [0.2, 0.25) is 0 Å². The summed E-state index contributed by atoms with van der Waals surface area (Å²) in [5.74, 6) is -0.331. The predicted molar refractivity (Wildman–Crippen MR) is 54.5 cm³/mol. The summed E-state index contributed by atoms with van der Waals surface area (Å²) in [6, 6.07) is 0. The van der Waals surface area contributed by atoms with E-state index >= 15 is 0 Å².